The number of anilines is 2. The Kier molecular flexibility index (Phi) is 7.34. The van der Waals surface area contributed by atoms with E-state index in [9.17, 15) is 13.2 Å². The van der Waals surface area contributed by atoms with Crippen molar-refractivity contribution in [2.75, 3.05) is 28.8 Å². The van der Waals surface area contributed by atoms with E-state index in [1.807, 2.05) is 0 Å². The minimum absolute atomic E-state index is 0.0953. The summed E-state index contributed by atoms with van der Waals surface area (Å²) in [5.74, 6) is 3.01. The van der Waals surface area contributed by atoms with Crippen LogP contribution in [0.4, 0.5) is 11.8 Å². The van der Waals surface area contributed by atoms with Crippen LogP contribution < -0.4 is 16.0 Å². The maximum absolute atomic E-state index is 12.3. The standard InChI is InChI=1S/C27H40N8O4S/c1-16-9-11-18(12-10-16)14-35-21-22(28-17(2)19-6-4-7-19)29-24(25-32-27(36)39-33-25)30-23(21)31-26(35)34-13-5-8-20(34)15-40(3,37)38/h16-20H,4-15H2,1-3H3,(H,28,29,30)(H,32,33,36)/t16-,17-,18-,20?/m1/s1. The molecule has 40 heavy (non-hydrogen) atoms. The molecule has 3 aromatic heterocycles. The highest BCUT2D eigenvalue weighted by atomic mass is 32.2. The number of sulfone groups is 1. The Morgan fingerprint density at radius 1 is 1.07 bits per heavy atom. The van der Waals surface area contributed by atoms with Gasteiger partial charge in [-0.2, -0.15) is 4.98 Å². The SMILES string of the molecule is C[C@@H](Nc1nc(-c2noc(=O)[nH]2)nc2nc(N3CCCC3CS(C)(=O)=O)n(C[C@H]3CC[C@H](C)CC3)c12)C1CCC1. The van der Waals surface area contributed by atoms with Crippen LogP contribution in [0.5, 0.6) is 0 Å². The number of nitrogens with zero attached hydrogens (tertiary/aromatic N) is 6. The van der Waals surface area contributed by atoms with Crippen LogP contribution >= 0.6 is 0 Å². The molecule has 0 spiro atoms. The topological polar surface area (TPSA) is 152 Å². The average molecular weight is 573 g/mol. The second-order valence-electron chi connectivity index (χ2n) is 12.4. The van der Waals surface area contributed by atoms with Crippen molar-refractivity contribution in [2.24, 2.45) is 17.8 Å². The molecule has 218 valence electrons. The maximum atomic E-state index is 12.3. The van der Waals surface area contributed by atoms with E-state index >= 15 is 0 Å². The highest BCUT2D eigenvalue weighted by Crippen LogP contribution is 2.37. The fourth-order valence-corrected chi connectivity index (χ4v) is 7.66. The van der Waals surface area contributed by atoms with Gasteiger partial charge in [-0.1, -0.05) is 31.3 Å². The van der Waals surface area contributed by atoms with Gasteiger partial charge in [0.25, 0.3) is 0 Å². The summed E-state index contributed by atoms with van der Waals surface area (Å²) >= 11 is 0. The molecule has 2 aliphatic carbocycles. The van der Waals surface area contributed by atoms with Gasteiger partial charge in [-0.15, -0.1) is 0 Å². The van der Waals surface area contributed by atoms with Crippen LogP contribution in [0.15, 0.2) is 9.32 Å². The monoisotopic (exact) mass is 572 g/mol. The number of H-pyrrole nitrogens is 1. The summed E-state index contributed by atoms with van der Waals surface area (Å²) in [6.45, 7) is 6.02. The molecule has 3 aliphatic rings. The molecular formula is C27H40N8O4S. The molecule has 2 atom stereocenters. The number of nitrogens with one attached hydrogen (secondary N) is 2. The largest absolute Gasteiger partial charge is 0.439 e. The fourth-order valence-electron chi connectivity index (χ4n) is 6.61. The van der Waals surface area contributed by atoms with Gasteiger partial charge in [0.2, 0.25) is 17.6 Å². The van der Waals surface area contributed by atoms with Gasteiger partial charge in [0.05, 0.1) is 5.75 Å². The third-order valence-electron chi connectivity index (χ3n) is 9.16. The van der Waals surface area contributed by atoms with E-state index in [1.165, 1.54) is 38.4 Å². The Hall–Kier alpha value is -2.96. The molecule has 1 aliphatic heterocycles. The Morgan fingerprint density at radius 3 is 2.50 bits per heavy atom. The second kappa shape index (κ2) is 10.8. The smallest absolute Gasteiger partial charge is 0.365 e. The van der Waals surface area contributed by atoms with Crippen molar-refractivity contribution in [1.82, 2.24) is 29.7 Å². The molecule has 0 amide bonds. The summed E-state index contributed by atoms with van der Waals surface area (Å²) in [5.41, 5.74) is 1.32. The van der Waals surface area contributed by atoms with Gasteiger partial charge < -0.3 is 14.8 Å². The lowest BCUT2D eigenvalue weighted by atomic mass is 9.80. The van der Waals surface area contributed by atoms with Crippen LogP contribution in [-0.4, -0.2) is 68.7 Å². The third kappa shape index (κ3) is 5.61. The first-order valence-electron chi connectivity index (χ1n) is 14.7. The Morgan fingerprint density at radius 2 is 1.85 bits per heavy atom. The molecule has 0 bridgehead atoms. The quantitative estimate of drug-likeness (QED) is 0.389. The zero-order valence-corrected chi connectivity index (χ0v) is 24.4. The average Bonchev–Trinajstić information content (AvgIpc) is 3.57. The maximum Gasteiger partial charge on any atom is 0.439 e. The highest BCUT2D eigenvalue weighted by Gasteiger charge is 2.34. The number of hydrogen-bond donors (Lipinski definition) is 2. The number of hydrogen-bond acceptors (Lipinski definition) is 10. The molecule has 0 aromatic carbocycles. The molecule has 3 fully saturated rings. The second-order valence-corrected chi connectivity index (χ2v) is 14.6. The summed E-state index contributed by atoms with van der Waals surface area (Å²) in [5, 5.41) is 7.49. The van der Waals surface area contributed by atoms with Gasteiger partial charge in [0.1, 0.15) is 15.4 Å². The van der Waals surface area contributed by atoms with Crippen LogP contribution in [0.1, 0.15) is 71.6 Å². The van der Waals surface area contributed by atoms with E-state index in [4.69, 9.17) is 19.5 Å². The first kappa shape index (κ1) is 27.2. The number of aromatic nitrogens is 6. The first-order chi connectivity index (χ1) is 19.1. The summed E-state index contributed by atoms with van der Waals surface area (Å²) in [6, 6.07) is 0.0599. The third-order valence-corrected chi connectivity index (χ3v) is 10.2. The number of rotatable bonds is 9. The minimum Gasteiger partial charge on any atom is -0.365 e. The van der Waals surface area contributed by atoms with E-state index in [1.54, 1.807) is 0 Å². The van der Waals surface area contributed by atoms with Crippen molar-refractivity contribution in [2.45, 2.75) is 90.3 Å². The summed E-state index contributed by atoms with van der Waals surface area (Å²) < 4.78 is 31.6. The molecule has 1 unspecified atom stereocenters. The minimum atomic E-state index is -3.17. The van der Waals surface area contributed by atoms with E-state index in [0.717, 1.165) is 56.2 Å². The van der Waals surface area contributed by atoms with Crippen molar-refractivity contribution >= 4 is 32.8 Å². The normalized spacial score (nSPS) is 24.9. The van der Waals surface area contributed by atoms with E-state index < -0.39 is 15.6 Å². The van der Waals surface area contributed by atoms with E-state index in [2.05, 4.69) is 38.8 Å². The molecular weight excluding hydrogens is 532 g/mol. The van der Waals surface area contributed by atoms with Gasteiger partial charge in [0.15, 0.2) is 11.5 Å². The summed E-state index contributed by atoms with van der Waals surface area (Å²) in [6.07, 6.45) is 11.3. The van der Waals surface area contributed by atoms with Crippen molar-refractivity contribution in [3.05, 3.63) is 10.6 Å². The molecule has 0 radical (unpaired) electrons. The van der Waals surface area contributed by atoms with Crippen LogP contribution in [0.3, 0.4) is 0 Å². The number of imidazole rings is 1. The lowest BCUT2D eigenvalue weighted by Crippen LogP contribution is -2.37. The van der Waals surface area contributed by atoms with Crippen LogP contribution in [0.2, 0.25) is 0 Å². The number of aromatic amines is 1. The van der Waals surface area contributed by atoms with Crippen LogP contribution in [-0.2, 0) is 16.4 Å². The number of fused-ring (bicyclic) bond motifs is 1. The van der Waals surface area contributed by atoms with Crippen LogP contribution in [0.25, 0.3) is 22.8 Å². The Balaban J connectivity index is 1.48. The molecule has 12 nitrogen and oxygen atoms in total. The van der Waals surface area contributed by atoms with Gasteiger partial charge in [-0.05, 0) is 63.2 Å². The first-order valence-corrected chi connectivity index (χ1v) is 16.8. The van der Waals surface area contributed by atoms with Crippen molar-refractivity contribution in [1.29, 1.82) is 0 Å². The predicted octanol–water partition coefficient (Wildman–Crippen LogP) is 3.61. The Bertz CT molecular complexity index is 1520. The molecule has 13 heteroatoms. The zero-order chi connectivity index (χ0) is 28.0. The van der Waals surface area contributed by atoms with Crippen molar-refractivity contribution < 1.29 is 12.9 Å². The van der Waals surface area contributed by atoms with Crippen molar-refractivity contribution in [3.63, 3.8) is 0 Å². The van der Waals surface area contributed by atoms with Gasteiger partial charge in [-0.3, -0.25) is 9.51 Å². The lowest BCUT2D eigenvalue weighted by Gasteiger charge is -2.33. The molecule has 1 saturated heterocycles. The van der Waals surface area contributed by atoms with Gasteiger partial charge >= 0.3 is 5.76 Å². The van der Waals surface area contributed by atoms with E-state index in [0.29, 0.717) is 23.3 Å². The Labute approximate surface area is 234 Å². The summed E-state index contributed by atoms with van der Waals surface area (Å²) in [7, 11) is -3.17. The fraction of sp³-hybridized carbons (Fsp3) is 0.741. The van der Waals surface area contributed by atoms with Crippen molar-refractivity contribution in [3.8, 4) is 11.6 Å². The predicted molar refractivity (Wildman–Crippen MR) is 153 cm³/mol. The zero-order valence-electron chi connectivity index (χ0n) is 23.6. The van der Waals surface area contributed by atoms with Gasteiger partial charge in [0, 0.05) is 31.4 Å². The highest BCUT2D eigenvalue weighted by molar-refractivity contribution is 7.90. The molecule has 2 saturated carbocycles. The van der Waals surface area contributed by atoms with Crippen LogP contribution in [0, 0.1) is 17.8 Å². The summed E-state index contributed by atoms with van der Waals surface area (Å²) in [4.78, 5) is 31.1. The molecule has 6 rings (SSSR count). The van der Waals surface area contributed by atoms with E-state index in [-0.39, 0.29) is 29.5 Å². The molecule has 3 aromatic rings. The molecule has 4 heterocycles. The molecule has 2 N–H and O–H groups in total. The van der Waals surface area contributed by atoms with Gasteiger partial charge in [-0.25, -0.2) is 23.2 Å². The lowest BCUT2D eigenvalue weighted by molar-refractivity contribution is 0.266.